The van der Waals surface area contributed by atoms with E-state index < -0.39 is 0 Å². The van der Waals surface area contributed by atoms with Crippen molar-refractivity contribution in [3.05, 3.63) is 78.3 Å². The van der Waals surface area contributed by atoms with Crippen LogP contribution in [0.4, 0.5) is 5.69 Å². The third-order valence-corrected chi connectivity index (χ3v) is 3.94. The number of anilines is 1. The zero-order valence-electron chi connectivity index (χ0n) is 13.7. The number of fused-ring (bicyclic) bond motifs is 1. The van der Waals surface area contributed by atoms with E-state index in [0.29, 0.717) is 6.42 Å². The SMILES string of the molecule is [CH2]Cc1nc2ccccc2cc1/C=C/c1ccc(N(C)C)cc1. The average molecular weight is 301 g/mol. The van der Waals surface area contributed by atoms with E-state index in [0.717, 1.165) is 22.2 Å². The first-order valence-electron chi connectivity index (χ1n) is 7.81. The predicted octanol–water partition coefficient (Wildman–Crippen LogP) is 4.85. The molecule has 1 radical (unpaired) electrons. The van der Waals surface area contributed by atoms with Crippen molar-refractivity contribution in [1.82, 2.24) is 4.98 Å². The number of rotatable bonds is 4. The normalized spacial score (nSPS) is 11.3. The van der Waals surface area contributed by atoms with E-state index in [1.54, 1.807) is 0 Å². The van der Waals surface area contributed by atoms with Gasteiger partial charge in [0, 0.05) is 30.9 Å². The second-order valence-corrected chi connectivity index (χ2v) is 5.79. The zero-order chi connectivity index (χ0) is 16.2. The van der Waals surface area contributed by atoms with Gasteiger partial charge in [0.1, 0.15) is 0 Å². The quantitative estimate of drug-likeness (QED) is 0.685. The first kappa shape index (κ1) is 15.3. The Labute approximate surface area is 138 Å². The molecule has 2 heteroatoms. The summed E-state index contributed by atoms with van der Waals surface area (Å²) in [5.41, 5.74) is 5.57. The molecule has 0 atom stereocenters. The Morgan fingerprint density at radius 3 is 2.43 bits per heavy atom. The second kappa shape index (κ2) is 6.66. The van der Waals surface area contributed by atoms with Crippen molar-refractivity contribution in [2.45, 2.75) is 6.42 Å². The van der Waals surface area contributed by atoms with Crippen LogP contribution in [0.15, 0.2) is 54.6 Å². The molecule has 2 aromatic carbocycles. The molecule has 0 fully saturated rings. The van der Waals surface area contributed by atoms with Gasteiger partial charge in [-0.05, 0) is 48.7 Å². The Morgan fingerprint density at radius 2 is 1.74 bits per heavy atom. The van der Waals surface area contributed by atoms with Crippen LogP contribution in [0.25, 0.3) is 23.1 Å². The van der Waals surface area contributed by atoms with Gasteiger partial charge in [0.25, 0.3) is 0 Å². The molecule has 0 saturated carbocycles. The molecule has 0 bridgehead atoms. The van der Waals surface area contributed by atoms with Crippen molar-refractivity contribution >= 4 is 28.7 Å². The summed E-state index contributed by atoms with van der Waals surface area (Å²) in [5, 5.41) is 1.16. The summed E-state index contributed by atoms with van der Waals surface area (Å²) in [6.07, 6.45) is 4.94. The fourth-order valence-corrected chi connectivity index (χ4v) is 2.59. The van der Waals surface area contributed by atoms with Crippen molar-refractivity contribution in [2.75, 3.05) is 19.0 Å². The summed E-state index contributed by atoms with van der Waals surface area (Å²) in [7, 11) is 4.10. The van der Waals surface area contributed by atoms with E-state index in [2.05, 4.69) is 60.4 Å². The summed E-state index contributed by atoms with van der Waals surface area (Å²) < 4.78 is 0. The largest absolute Gasteiger partial charge is 0.378 e. The summed E-state index contributed by atoms with van der Waals surface area (Å²) >= 11 is 0. The van der Waals surface area contributed by atoms with Crippen molar-refractivity contribution in [1.29, 1.82) is 0 Å². The van der Waals surface area contributed by atoms with Gasteiger partial charge in [-0.1, -0.05) is 42.5 Å². The van der Waals surface area contributed by atoms with Gasteiger partial charge < -0.3 is 4.90 Å². The molecular weight excluding hydrogens is 280 g/mol. The molecule has 115 valence electrons. The van der Waals surface area contributed by atoms with Crippen molar-refractivity contribution < 1.29 is 0 Å². The van der Waals surface area contributed by atoms with Crippen LogP contribution in [0.3, 0.4) is 0 Å². The third-order valence-electron chi connectivity index (χ3n) is 3.94. The van der Waals surface area contributed by atoms with E-state index in [9.17, 15) is 0 Å². The number of nitrogens with zero attached hydrogens (tertiary/aromatic N) is 2. The highest BCUT2D eigenvalue weighted by molar-refractivity contribution is 5.83. The van der Waals surface area contributed by atoms with Crippen LogP contribution >= 0.6 is 0 Å². The van der Waals surface area contributed by atoms with Crippen molar-refractivity contribution in [2.24, 2.45) is 0 Å². The Kier molecular flexibility index (Phi) is 4.42. The van der Waals surface area contributed by atoms with Crippen LogP contribution in [0, 0.1) is 6.92 Å². The third kappa shape index (κ3) is 3.42. The zero-order valence-corrected chi connectivity index (χ0v) is 13.7. The Bertz CT molecular complexity index is 830. The van der Waals surface area contributed by atoms with Crippen LogP contribution < -0.4 is 4.90 Å². The standard InChI is InChI=1S/C21H21N2/c1-4-20-18(15-17-7-5-6-8-21(17)22-20)12-9-16-10-13-19(14-11-16)23(2)3/h5-15H,1,4H2,2-3H3/b12-9+. The molecular formula is C21H21N2. The minimum atomic E-state index is 0.685. The van der Waals surface area contributed by atoms with Gasteiger partial charge in [-0.2, -0.15) is 0 Å². The Balaban J connectivity index is 1.93. The van der Waals surface area contributed by atoms with Gasteiger partial charge in [0.15, 0.2) is 0 Å². The van der Waals surface area contributed by atoms with Crippen LogP contribution in [-0.2, 0) is 6.42 Å². The molecule has 1 heterocycles. The van der Waals surface area contributed by atoms with Crippen LogP contribution in [0.2, 0.25) is 0 Å². The number of hydrogen-bond acceptors (Lipinski definition) is 2. The summed E-state index contributed by atoms with van der Waals surface area (Å²) in [5.74, 6) is 0. The molecule has 3 aromatic rings. The van der Waals surface area contributed by atoms with Crippen LogP contribution in [0.1, 0.15) is 16.8 Å². The average Bonchev–Trinajstić information content (AvgIpc) is 2.59. The lowest BCUT2D eigenvalue weighted by molar-refractivity contribution is 1.13. The number of hydrogen-bond donors (Lipinski definition) is 0. The molecule has 0 spiro atoms. The molecule has 0 unspecified atom stereocenters. The molecule has 1 aromatic heterocycles. The monoisotopic (exact) mass is 301 g/mol. The van der Waals surface area contributed by atoms with E-state index in [1.165, 1.54) is 11.3 Å². The molecule has 23 heavy (non-hydrogen) atoms. The van der Waals surface area contributed by atoms with E-state index in [4.69, 9.17) is 4.98 Å². The summed E-state index contributed by atoms with van der Waals surface area (Å²) in [6.45, 7) is 4.01. The van der Waals surface area contributed by atoms with Crippen LogP contribution in [-0.4, -0.2) is 19.1 Å². The lowest BCUT2D eigenvalue weighted by atomic mass is 10.1. The van der Waals surface area contributed by atoms with Gasteiger partial charge in [0.05, 0.1) is 5.52 Å². The predicted molar refractivity (Wildman–Crippen MR) is 101 cm³/mol. The second-order valence-electron chi connectivity index (χ2n) is 5.79. The molecule has 0 aliphatic carbocycles. The number of aromatic nitrogens is 1. The summed E-state index contributed by atoms with van der Waals surface area (Å²) in [6, 6.07) is 18.9. The Morgan fingerprint density at radius 1 is 1.00 bits per heavy atom. The molecule has 2 nitrogen and oxygen atoms in total. The first-order chi connectivity index (χ1) is 11.2. The molecule has 0 aliphatic heterocycles. The molecule has 0 saturated heterocycles. The molecule has 0 amide bonds. The molecule has 0 aliphatic rings. The topological polar surface area (TPSA) is 16.1 Å². The maximum Gasteiger partial charge on any atom is 0.0705 e. The van der Waals surface area contributed by atoms with Gasteiger partial charge >= 0.3 is 0 Å². The number of pyridine rings is 1. The molecule has 3 rings (SSSR count). The van der Waals surface area contributed by atoms with Gasteiger partial charge in [-0.3, -0.25) is 4.98 Å². The smallest absolute Gasteiger partial charge is 0.0705 e. The number of para-hydroxylation sites is 1. The minimum Gasteiger partial charge on any atom is -0.378 e. The highest BCUT2D eigenvalue weighted by Gasteiger charge is 2.03. The van der Waals surface area contributed by atoms with Gasteiger partial charge in [-0.15, -0.1) is 0 Å². The van der Waals surface area contributed by atoms with Gasteiger partial charge in [0.2, 0.25) is 0 Å². The van der Waals surface area contributed by atoms with E-state index in [1.807, 2.05) is 32.3 Å². The maximum absolute atomic E-state index is 4.72. The number of benzene rings is 2. The minimum absolute atomic E-state index is 0.685. The maximum atomic E-state index is 4.72. The summed E-state index contributed by atoms with van der Waals surface area (Å²) in [4.78, 5) is 6.82. The Hall–Kier alpha value is -2.61. The highest BCUT2D eigenvalue weighted by Crippen LogP contribution is 2.20. The van der Waals surface area contributed by atoms with E-state index >= 15 is 0 Å². The highest BCUT2D eigenvalue weighted by atomic mass is 15.1. The fraction of sp³-hybridized carbons (Fsp3) is 0.143. The lowest BCUT2D eigenvalue weighted by Crippen LogP contribution is -2.07. The fourth-order valence-electron chi connectivity index (χ4n) is 2.59. The van der Waals surface area contributed by atoms with Gasteiger partial charge in [-0.25, -0.2) is 0 Å². The molecule has 0 N–H and O–H groups in total. The van der Waals surface area contributed by atoms with Crippen molar-refractivity contribution in [3.8, 4) is 0 Å². The van der Waals surface area contributed by atoms with E-state index in [-0.39, 0.29) is 0 Å². The lowest BCUT2D eigenvalue weighted by Gasteiger charge is -2.11. The van der Waals surface area contributed by atoms with Crippen LogP contribution in [0.5, 0.6) is 0 Å². The first-order valence-corrected chi connectivity index (χ1v) is 7.81. The van der Waals surface area contributed by atoms with Crippen molar-refractivity contribution in [3.63, 3.8) is 0 Å².